The summed E-state index contributed by atoms with van der Waals surface area (Å²) < 4.78 is 10.4. The molecule has 0 aliphatic rings. The number of hydrogen-bond acceptors (Lipinski definition) is 3. The van der Waals surface area contributed by atoms with E-state index in [1.165, 1.54) is 0 Å². The zero-order chi connectivity index (χ0) is 14.4. The minimum absolute atomic E-state index is 0.475. The molecule has 0 radical (unpaired) electrons. The maximum Gasteiger partial charge on any atom is 0.279 e. The highest BCUT2D eigenvalue weighted by atomic mass is 32.1. The Hall–Kier alpha value is -2.34. The van der Waals surface area contributed by atoms with E-state index in [1.807, 2.05) is 36.5 Å². The lowest BCUT2D eigenvalue weighted by Gasteiger charge is -2.09. The number of ether oxygens (including phenoxy) is 2. The Morgan fingerprint density at radius 1 is 1.05 bits per heavy atom. The summed E-state index contributed by atoms with van der Waals surface area (Å²) in [5.74, 6) is 2.20. The molecule has 1 heterocycles. The van der Waals surface area contributed by atoms with Gasteiger partial charge in [-0.1, -0.05) is 6.07 Å². The van der Waals surface area contributed by atoms with Crippen molar-refractivity contribution >= 4 is 28.8 Å². The molecule has 2 aromatic rings. The SMILES string of the molecule is COc1cc(NC(=S)Nc2cccc[nH+]2)cc(OC)c1. The Labute approximate surface area is 122 Å². The van der Waals surface area contributed by atoms with Gasteiger partial charge in [-0.3, -0.25) is 0 Å². The fourth-order valence-corrected chi connectivity index (χ4v) is 1.86. The lowest BCUT2D eigenvalue weighted by atomic mass is 10.3. The third kappa shape index (κ3) is 3.83. The van der Waals surface area contributed by atoms with Crippen molar-refractivity contribution in [2.24, 2.45) is 0 Å². The molecule has 5 nitrogen and oxygen atoms in total. The summed E-state index contributed by atoms with van der Waals surface area (Å²) >= 11 is 5.25. The third-order valence-electron chi connectivity index (χ3n) is 2.57. The van der Waals surface area contributed by atoms with Gasteiger partial charge in [0, 0.05) is 30.0 Å². The van der Waals surface area contributed by atoms with E-state index in [0.29, 0.717) is 16.6 Å². The minimum atomic E-state index is 0.475. The summed E-state index contributed by atoms with van der Waals surface area (Å²) in [6.07, 6.45) is 1.82. The molecule has 3 N–H and O–H groups in total. The molecule has 6 heteroatoms. The van der Waals surface area contributed by atoms with Crippen LogP contribution in [0.25, 0.3) is 0 Å². The van der Waals surface area contributed by atoms with Crippen molar-refractivity contribution in [1.29, 1.82) is 0 Å². The van der Waals surface area contributed by atoms with Crippen LogP contribution in [0.5, 0.6) is 11.5 Å². The van der Waals surface area contributed by atoms with Crippen molar-refractivity contribution in [2.45, 2.75) is 0 Å². The summed E-state index contributed by atoms with van der Waals surface area (Å²) in [6, 6.07) is 11.2. The molecule has 1 aromatic heterocycles. The first-order valence-electron chi connectivity index (χ1n) is 5.99. The van der Waals surface area contributed by atoms with Crippen LogP contribution in [-0.2, 0) is 0 Å². The van der Waals surface area contributed by atoms with Crippen LogP contribution < -0.4 is 25.1 Å². The number of methoxy groups -OCH3 is 2. The Bertz CT molecular complexity index is 568. The molecule has 0 aliphatic heterocycles. The van der Waals surface area contributed by atoms with E-state index in [1.54, 1.807) is 20.3 Å². The second-order valence-electron chi connectivity index (χ2n) is 3.96. The Morgan fingerprint density at radius 3 is 2.30 bits per heavy atom. The van der Waals surface area contributed by atoms with Gasteiger partial charge in [-0.15, -0.1) is 0 Å². The minimum Gasteiger partial charge on any atom is -0.497 e. The van der Waals surface area contributed by atoms with Gasteiger partial charge in [-0.05, 0) is 18.3 Å². The molecule has 0 saturated heterocycles. The van der Waals surface area contributed by atoms with Crippen LogP contribution in [0.3, 0.4) is 0 Å². The monoisotopic (exact) mass is 290 g/mol. The van der Waals surface area contributed by atoms with Crippen molar-refractivity contribution < 1.29 is 14.5 Å². The van der Waals surface area contributed by atoms with Crippen LogP contribution in [0.1, 0.15) is 0 Å². The number of benzene rings is 1. The Morgan fingerprint density at radius 2 is 1.75 bits per heavy atom. The first kappa shape index (κ1) is 14.1. The first-order chi connectivity index (χ1) is 9.71. The molecule has 104 valence electrons. The number of H-pyrrole nitrogens is 1. The van der Waals surface area contributed by atoms with Crippen LogP contribution in [-0.4, -0.2) is 19.3 Å². The topological polar surface area (TPSA) is 56.7 Å². The highest BCUT2D eigenvalue weighted by Gasteiger charge is 2.08. The molecule has 0 aliphatic carbocycles. The molecule has 0 unspecified atom stereocenters. The number of pyridine rings is 1. The maximum atomic E-state index is 5.25. The zero-order valence-electron chi connectivity index (χ0n) is 11.3. The fraction of sp³-hybridized carbons (Fsp3) is 0.143. The normalized spacial score (nSPS) is 9.70. The van der Waals surface area contributed by atoms with Crippen molar-refractivity contribution in [2.75, 3.05) is 24.9 Å². The van der Waals surface area contributed by atoms with Gasteiger partial charge in [0.2, 0.25) is 0 Å². The van der Waals surface area contributed by atoms with Crippen molar-refractivity contribution in [3.05, 3.63) is 42.6 Å². The van der Waals surface area contributed by atoms with Crippen LogP contribution in [0, 0.1) is 0 Å². The summed E-state index contributed by atoms with van der Waals surface area (Å²) in [5.41, 5.74) is 0.787. The van der Waals surface area contributed by atoms with Gasteiger partial charge in [0.05, 0.1) is 20.4 Å². The van der Waals surface area contributed by atoms with Crippen molar-refractivity contribution in [3.8, 4) is 11.5 Å². The third-order valence-corrected chi connectivity index (χ3v) is 2.77. The number of nitrogens with one attached hydrogen (secondary N) is 3. The van der Waals surface area contributed by atoms with Crippen LogP contribution in [0.15, 0.2) is 42.6 Å². The molecule has 20 heavy (non-hydrogen) atoms. The number of thiocarbonyl (C=S) groups is 1. The smallest absolute Gasteiger partial charge is 0.279 e. The largest absolute Gasteiger partial charge is 0.497 e. The molecule has 0 amide bonds. The zero-order valence-corrected chi connectivity index (χ0v) is 12.1. The van der Waals surface area contributed by atoms with E-state index in [-0.39, 0.29) is 0 Å². The van der Waals surface area contributed by atoms with Gasteiger partial charge in [-0.25, -0.2) is 10.3 Å². The van der Waals surface area contributed by atoms with E-state index in [4.69, 9.17) is 21.7 Å². The van der Waals surface area contributed by atoms with E-state index in [2.05, 4.69) is 15.6 Å². The van der Waals surface area contributed by atoms with E-state index < -0.39 is 0 Å². The van der Waals surface area contributed by atoms with Gasteiger partial charge >= 0.3 is 0 Å². The van der Waals surface area contributed by atoms with Gasteiger partial charge in [0.1, 0.15) is 11.5 Å². The lowest BCUT2D eigenvalue weighted by molar-refractivity contribution is -0.360. The number of anilines is 2. The maximum absolute atomic E-state index is 5.25. The standard InChI is InChI=1S/C14H15N3O2S/c1-18-11-7-10(8-12(9-11)19-2)16-14(20)17-13-5-3-4-6-15-13/h3-9H,1-2H3,(H2,15,16,17,20)/p+1. The number of hydrogen-bond donors (Lipinski definition) is 2. The quantitative estimate of drug-likeness (QED) is 0.846. The van der Waals surface area contributed by atoms with Crippen LogP contribution in [0.4, 0.5) is 11.5 Å². The van der Waals surface area contributed by atoms with Crippen molar-refractivity contribution in [3.63, 3.8) is 0 Å². The lowest BCUT2D eigenvalue weighted by Crippen LogP contribution is -2.23. The molecule has 0 atom stereocenters. The number of aromatic nitrogens is 1. The molecule has 1 aromatic carbocycles. The first-order valence-corrected chi connectivity index (χ1v) is 6.40. The average molecular weight is 290 g/mol. The van der Waals surface area contributed by atoms with Gasteiger partial charge in [0.15, 0.2) is 0 Å². The second kappa shape index (κ2) is 6.72. The molecule has 0 bridgehead atoms. The molecule has 2 rings (SSSR count). The summed E-state index contributed by atoms with van der Waals surface area (Å²) in [4.78, 5) is 3.04. The average Bonchev–Trinajstić information content (AvgIpc) is 2.47. The number of aromatic amines is 1. The highest BCUT2D eigenvalue weighted by Crippen LogP contribution is 2.25. The van der Waals surface area contributed by atoms with Crippen molar-refractivity contribution in [1.82, 2.24) is 0 Å². The molecular weight excluding hydrogens is 274 g/mol. The highest BCUT2D eigenvalue weighted by molar-refractivity contribution is 7.80. The molecule has 0 fully saturated rings. The predicted octanol–water partition coefficient (Wildman–Crippen LogP) is 2.33. The number of rotatable bonds is 4. The summed E-state index contributed by atoms with van der Waals surface area (Å²) in [7, 11) is 3.21. The molecule has 0 saturated carbocycles. The van der Waals surface area contributed by atoms with Gasteiger partial charge in [-0.2, -0.15) is 0 Å². The van der Waals surface area contributed by atoms with Crippen LogP contribution in [0.2, 0.25) is 0 Å². The van der Waals surface area contributed by atoms with E-state index in [9.17, 15) is 0 Å². The summed E-state index contributed by atoms with van der Waals surface area (Å²) in [6.45, 7) is 0. The Kier molecular flexibility index (Phi) is 4.73. The van der Waals surface area contributed by atoms with E-state index >= 15 is 0 Å². The summed E-state index contributed by atoms with van der Waals surface area (Å²) in [5, 5.41) is 6.60. The van der Waals surface area contributed by atoms with Crippen LogP contribution >= 0.6 is 12.2 Å². The Balaban J connectivity index is 2.07. The fourth-order valence-electron chi connectivity index (χ4n) is 1.64. The molecular formula is C14H16N3O2S+. The van der Waals surface area contributed by atoms with Gasteiger partial charge < -0.3 is 14.8 Å². The predicted molar refractivity (Wildman–Crippen MR) is 82.4 cm³/mol. The molecule has 0 spiro atoms. The second-order valence-corrected chi connectivity index (χ2v) is 4.36. The van der Waals surface area contributed by atoms with Gasteiger partial charge in [0.25, 0.3) is 10.9 Å². The van der Waals surface area contributed by atoms with E-state index in [0.717, 1.165) is 11.5 Å².